The molecule has 0 aliphatic heterocycles. The van der Waals surface area contributed by atoms with Crippen molar-refractivity contribution < 1.29 is 13.5 Å². The number of hydrogen-bond acceptors (Lipinski definition) is 4. The zero-order valence-corrected chi connectivity index (χ0v) is 19.8. The molecule has 0 aliphatic rings. The quantitative estimate of drug-likeness (QED) is 0.575. The fourth-order valence-electron chi connectivity index (χ4n) is 3.10. The van der Waals surface area contributed by atoms with Crippen molar-refractivity contribution in [3.05, 3.63) is 68.6 Å². The molecule has 0 radical (unpaired) electrons. The first kappa shape index (κ1) is 24.0. The summed E-state index contributed by atoms with van der Waals surface area (Å²) in [5.41, 5.74) is 1.81. The molecule has 1 N–H and O–H groups in total. The summed E-state index contributed by atoms with van der Waals surface area (Å²) in [7, 11) is -3.85. The van der Waals surface area contributed by atoms with Crippen LogP contribution in [0.25, 0.3) is 6.08 Å². The third kappa shape index (κ3) is 5.65. The molecule has 0 fully saturated rings. The van der Waals surface area contributed by atoms with Gasteiger partial charge in [-0.2, -0.15) is 5.26 Å². The van der Waals surface area contributed by atoms with Crippen molar-refractivity contribution in [1.82, 2.24) is 0 Å². The molecule has 0 unspecified atom stereocenters. The molecule has 2 rings (SSSR count). The van der Waals surface area contributed by atoms with Crippen LogP contribution < -0.4 is 0 Å². The zero-order chi connectivity index (χ0) is 22.9. The third-order valence-electron chi connectivity index (χ3n) is 4.76. The van der Waals surface area contributed by atoms with E-state index in [9.17, 15) is 18.8 Å². The van der Waals surface area contributed by atoms with Crippen LogP contribution in [-0.2, 0) is 26.4 Å². The monoisotopic (exact) mass is 445 g/mol. The van der Waals surface area contributed by atoms with E-state index in [0.717, 1.165) is 0 Å². The largest absolute Gasteiger partial charge is 0.507 e. The average Bonchev–Trinajstić information content (AvgIpc) is 2.60. The molecule has 0 saturated heterocycles. The first-order valence-electron chi connectivity index (χ1n) is 9.62. The second kappa shape index (κ2) is 8.45. The number of phenols is 1. The average molecular weight is 446 g/mol. The first-order chi connectivity index (χ1) is 13.6. The summed E-state index contributed by atoms with van der Waals surface area (Å²) in [5.74, 6) is -0.0884. The van der Waals surface area contributed by atoms with Crippen molar-refractivity contribution in [1.29, 1.82) is 5.26 Å². The predicted molar refractivity (Wildman–Crippen MR) is 123 cm³/mol. The maximum absolute atomic E-state index is 12.9. The Balaban J connectivity index is 2.60. The van der Waals surface area contributed by atoms with Crippen molar-refractivity contribution >= 4 is 27.5 Å². The summed E-state index contributed by atoms with van der Waals surface area (Å²) in [6.07, 6.45) is 1.38. The Morgan fingerprint density at radius 1 is 1.03 bits per heavy atom. The number of sulfone groups is 1. The molecule has 0 amide bonds. The van der Waals surface area contributed by atoms with Crippen LogP contribution in [0.5, 0.6) is 5.75 Å². The number of phenolic OH excluding ortho intramolecular Hbond substituents is 1. The minimum absolute atomic E-state index is 0.203. The molecule has 0 heterocycles. The van der Waals surface area contributed by atoms with Gasteiger partial charge in [0.15, 0.2) is 9.84 Å². The standard InChI is InChI=1S/C24H28ClNO3S/c1-23(2,3)20-12-17(13-21(22(20)27)24(4,5)6)11-19(14-26)30(28,29)15-16-7-9-18(25)10-8-16/h7-13,27H,15H2,1-6H3/b19-11+. The summed E-state index contributed by atoms with van der Waals surface area (Å²) in [6, 6.07) is 11.8. The molecule has 0 aromatic heterocycles. The van der Waals surface area contributed by atoms with Gasteiger partial charge < -0.3 is 5.11 Å². The predicted octanol–water partition coefficient (Wildman–Crippen LogP) is 6.12. The molecule has 2 aromatic carbocycles. The Labute approximate surface area is 184 Å². The van der Waals surface area contributed by atoms with Crippen LogP contribution in [0.4, 0.5) is 0 Å². The summed E-state index contributed by atoms with van der Waals surface area (Å²) >= 11 is 5.86. The van der Waals surface area contributed by atoms with E-state index in [0.29, 0.717) is 27.3 Å². The fourth-order valence-corrected chi connectivity index (χ4v) is 4.47. The minimum atomic E-state index is -3.85. The smallest absolute Gasteiger partial charge is 0.192 e. The maximum atomic E-state index is 12.9. The molecule has 0 bridgehead atoms. The van der Waals surface area contributed by atoms with Gasteiger partial charge in [0.05, 0.1) is 5.75 Å². The van der Waals surface area contributed by atoms with Gasteiger partial charge in [-0.05, 0) is 52.3 Å². The third-order valence-corrected chi connectivity index (χ3v) is 6.61. The van der Waals surface area contributed by atoms with E-state index < -0.39 is 9.84 Å². The van der Waals surface area contributed by atoms with E-state index in [1.807, 2.05) is 47.6 Å². The van der Waals surface area contributed by atoms with Gasteiger partial charge in [0, 0.05) is 16.1 Å². The number of hydrogen-bond donors (Lipinski definition) is 1. The van der Waals surface area contributed by atoms with Crippen LogP contribution in [0.1, 0.15) is 63.8 Å². The number of benzene rings is 2. The van der Waals surface area contributed by atoms with Gasteiger partial charge >= 0.3 is 0 Å². The number of halogens is 1. The highest BCUT2D eigenvalue weighted by molar-refractivity contribution is 7.95. The highest BCUT2D eigenvalue weighted by atomic mass is 35.5. The normalized spacial score (nSPS) is 13.2. The van der Waals surface area contributed by atoms with Gasteiger partial charge in [0.2, 0.25) is 0 Å². The number of rotatable bonds is 4. The van der Waals surface area contributed by atoms with Crippen molar-refractivity contribution in [2.24, 2.45) is 0 Å². The molecule has 160 valence electrons. The zero-order valence-electron chi connectivity index (χ0n) is 18.2. The van der Waals surface area contributed by atoms with Crippen LogP contribution in [0.15, 0.2) is 41.3 Å². The van der Waals surface area contributed by atoms with E-state index in [-0.39, 0.29) is 27.2 Å². The fraction of sp³-hybridized carbons (Fsp3) is 0.375. The lowest BCUT2D eigenvalue weighted by atomic mass is 9.78. The molecule has 0 spiro atoms. The van der Waals surface area contributed by atoms with Crippen LogP contribution >= 0.6 is 11.6 Å². The first-order valence-corrected chi connectivity index (χ1v) is 11.6. The van der Waals surface area contributed by atoms with E-state index in [1.165, 1.54) is 6.08 Å². The lowest BCUT2D eigenvalue weighted by Gasteiger charge is -2.28. The molecule has 4 nitrogen and oxygen atoms in total. The van der Waals surface area contributed by atoms with Crippen LogP contribution in [0.2, 0.25) is 5.02 Å². The molecule has 2 aromatic rings. The molecule has 0 aliphatic carbocycles. The Bertz CT molecular complexity index is 1080. The van der Waals surface area contributed by atoms with E-state index in [4.69, 9.17) is 11.6 Å². The maximum Gasteiger partial charge on any atom is 0.192 e. The highest BCUT2D eigenvalue weighted by Crippen LogP contribution is 2.40. The molecular formula is C24H28ClNO3S. The second-order valence-corrected chi connectivity index (χ2v) is 11.9. The van der Waals surface area contributed by atoms with Gasteiger partial charge in [0.1, 0.15) is 16.7 Å². The molecule has 6 heteroatoms. The number of nitrogens with zero attached hydrogens (tertiary/aromatic N) is 1. The van der Waals surface area contributed by atoms with Crippen molar-refractivity contribution in [3.63, 3.8) is 0 Å². The lowest BCUT2D eigenvalue weighted by Crippen LogP contribution is -2.17. The Morgan fingerprint density at radius 3 is 1.90 bits per heavy atom. The summed E-state index contributed by atoms with van der Waals surface area (Å²) in [6.45, 7) is 11.9. The number of allylic oxidation sites excluding steroid dienone is 1. The molecular weight excluding hydrogens is 418 g/mol. The van der Waals surface area contributed by atoms with E-state index in [1.54, 1.807) is 36.4 Å². The molecule has 0 atom stereocenters. The van der Waals surface area contributed by atoms with E-state index >= 15 is 0 Å². The van der Waals surface area contributed by atoms with Crippen LogP contribution in [-0.4, -0.2) is 13.5 Å². The topological polar surface area (TPSA) is 78.2 Å². The summed E-state index contributed by atoms with van der Waals surface area (Å²) in [4.78, 5) is -0.317. The summed E-state index contributed by atoms with van der Waals surface area (Å²) in [5, 5.41) is 20.9. The van der Waals surface area contributed by atoms with Crippen LogP contribution in [0, 0.1) is 11.3 Å². The number of aromatic hydroxyl groups is 1. The lowest BCUT2D eigenvalue weighted by molar-refractivity contribution is 0.423. The Morgan fingerprint density at radius 2 is 1.50 bits per heavy atom. The van der Waals surface area contributed by atoms with Crippen molar-refractivity contribution in [2.45, 2.75) is 58.1 Å². The van der Waals surface area contributed by atoms with Gasteiger partial charge in [-0.3, -0.25) is 0 Å². The van der Waals surface area contributed by atoms with Gasteiger partial charge in [-0.15, -0.1) is 0 Å². The van der Waals surface area contributed by atoms with Crippen molar-refractivity contribution in [3.8, 4) is 11.8 Å². The van der Waals surface area contributed by atoms with Gasteiger partial charge in [-0.25, -0.2) is 8.42 Å². The second-order valence-electron chi connectivity index (χ2n) is 9.47. The Hall–Kier alpha value is -2.29. The van der Waals surface area contributed by atoms with Gasteiger partial charge in [-0.1, -0.05) is 65.3 Å². The molecule has 0 saturated carbocycles. The molecule has 30 heavy (non-hydrogen) atoms. The minimum Gasteiger partial charge on any atom is -0.507 e. The van der Waals surface area contributed by atoms with Crippen LogP contribution in [0.3, 0.4) is 0 Å². The summed E-state index contributed by atoms with van der Waals surface area (Å²) < 4.78 is 25.8. The van der Waals surface area contributed by atoms with Crippen molar-refractivity contribution in [2.75, 3.05) is 0 Å². The Kier molecular flexibility index (Phi) is 6.76. The van der Waals surface area contributed by atoms with E-state index in [2.05, 4.69) is 0 Å². The SMILES string of the molecule is CC(C)(C)c1cc(/C=C(\C#N)S(=O)(=O)Cc2ccc(Cl)cc2)cc(C(C)(C)C)c1O. The van der Waals surface area contributed by atoms with Gasteiger partial charge in [0.25, 0.3) is 0 Å². The number of nitriles is 1. The highest BCUT2D eigenvalue weighted by Gasteiger charge is 2.27.